The van der Waals surface area contributed by atoms with Gasteiger partial charge in [-0.2, -0.15) is 0 Å². The monoisotopic (exact) mass is 556 g/mol. The number of aryl methyl sites for hydroxylation is 1. The van der Waals surface area contributed by atoms with Gasteiger partial charge >= 0.3 is 0 Å². The third kappa shape index (κ3) is 7.62. The van der Waals surface area contributed by atoms with Gasteiger partial charge in [-0.15, -0.1) is 0 Å². The van der Waals surface area contributed by atoms with Crippen molar-refractivity contribution in [2.45, 2.75) is 102 Å². The van der Waals surface area contributed by atoms with Crippen molar-refractivity contribution in [1.29, 1.82) is 0 Å². The Balaban J connectivity index is 1.16. The number of ether oxygens (including phenoxy) is 1. The Morgan fingerprint density at radius 2 is 1.82 bits per heavy atom. The van der Waals surface area contributed by atoms with Crippen LogP contribution in [0.4, 0.5) is 0 Å². The van der Waals surface area contributed by atoms with Crippen LogP contribution in [0.15, 0.2) is 34.9 Å². The van der Waals surface area contributed by atoms with Crippen molar-refractivity contribution in [2.24, 2.45) is 11.8 Å². The maximum absolute atomic E-state index is 12.8. The van der Waals surface area contributed by atoms with Crippen LogP contribution in [0.2, 0.25) is 0 Å². The molecule has 2 saturated heterocycles. The summed E-state index contributed by atoms with van der Waals surface area (Å²) in [6.07, 6.45) is 16.8. The van der Waals surface area contributed by atoms with Gasteiger partial charge in [0.05, 0.1) is 18.1 Å². The van der Waals surface area contributed by atoms with Crippen LogP contribution in [0.1, 0.15) is 104 Å². The van der Waals surface area contributed by atoms with Crippen LogP contribution in [0.5, 0.6) is 0 Å². The van der Waals surface area contributed by atoms with E-state index in [2.05, 4.69) is 28.5 Å². The summed E-state index contributed by atoms with van der Waals surface area (Å²) >= 11 is 0. The zero-order chi connectivity index (χ0) is 27.2. The Kier molecular flexibility index (Phi) is 9.63. The number of nitrogens with zero attached hydrogens (tertiary/aromatic N) is 1. The molecule has 39 heavy (non-hydrogen) atoms. The van der Waals surface area contributed by atoms with Crippen molar-refractivity contribution in [3.63, 3.8) is 0 Å². The third-order valence-electron chi connectivity index (χ3n) is 9.11. The van der Waals surface area contributed by atoms with E-state index in [1.807, 2.05) is 6.07 Å². The van der Waals surface area contributed by atoms with Gasteiger partial charge in [0.15, 0.2) is 13.1 Å². The Bertz CT molecular complexity index is 1140. The largest absolute Gasteiger partial charge is 0.448 e. The number of hydrogen-bond acceptors (Lipinski definition) is 5. The maximum Gasteiger partial charge on any atom is 0.273 e. The van der Waals surface area contributed by atoms with E-state index in [0.29, 0.717) is 30.7 Å². The number of oxazole rings is 1. The van der Waals surface area contributed by atoms with Gasteiger partial charge < -0.3 is 19.4 Å². The second-order valence-corrected chi connectivity index (χ2v) is 14.7. The SMILES string of the molecule is CP(=O)(O)CCCc1ccccc1CC1C2CCC(O2)C1c1nc(C(=O)NCCCCC2CCCCC2)co1. The summed E-state index contributed by atoms with van der Waals surface area (Å²) in [5.74, 6) is 1.59. The average molecular weight is 557 g/mol. The highest BCUT2D eigenvalue weighted by Gasteiger charge is 2.51. The molecule has 5 atom stereocenters. The number of unbranched alkanes of at least 4 members (excludes halogenated alkanes) is 1. The molecule has 5 unspecified atom stereocenters. The second-order valence-electron chi connectivity index (χ2n) is 12.2. The van der Waals surface area contributed by atoms with E-state index in [1.165, 1.54) is 69.0 Å². The van der Waals surface area contributed by atoms with E-state index in [1.54, 1.807) is 0 Å². The molecule has 8 heteroatoms. The van der Waals surface area contributed by atoms with Gasteiger partial charge in [0.25, 0.3) is 5.91 Å². The summed E-state index contributed by atoms with van der Waals surface area (Å²) in [4.78, 5) is 27.1. The van der Waals surface area contributed by atoms with Crippen LogP contribution in [-0.2, 0) is 22.1 Å². The number of amides is 1. The molecule has 2 N–H and O–H groups in total. The molecular weight excluding hydrogens is 511 g/mol. The van der Waals surface area contributed by atoms with E-state index >= 15 is 0 Å². The molecule has 7 nitrogen and oxygen atoms in total. The number of fused-ring (bicyclic) bond motifs is 2. The lowest BCUT2D eigenvalue weighted by atomic mass is 9.75. The summed E-state index contributed by atoms with van der Waals surface area (Å²) in [5, 5.41) is 3.03. The van der Waals surface area contributed by atoms with E-state index in [9.17, 15) is 14.3 Å². The lowest BCUT2D eigenvalue weighted by Gasteiger charge is -2.26. The first-order valence-electron chi connectivity index (χ1n) is 15.1. The molecule has 2 aromatic rings. The number of carbonyl (C=O) groups excluding carboxylic acids is 1. The lowest BCUT2D eigenvalue weighted by Crippen LogP contribution is -2.28. The molecule has 5 rings (SSSR count). The minimum absolute atomic E-state index is 0.0298. The minimum atomic E-state index is -3.00. The molecule has 1 aromatic carbocycles. The predicted octanol–water partition coefficient (Wildman–Crippen LogP) is 6.49. The summed E-state index contributed by atoms with van der Waals surface area (Å²) in [7, 11) is -3.00. The van der Waals surface area contributed by atoms with Crippen LogP contribution in [0.25, 0.3) is 0 Å². The molecule has 2 bridgehead atoms. The molecule has 0 radical (unpaired) electrons. The Morgan fingerprint density at radius 3 is 2.62 bits per heavy atom. The van der Waals surface area contributed by atoms with Crippen molar-refractivity contribution >= 4 is 13.3 Å². The van der Waals surface area contributed by atoms with Gasteiger partial charge in [-0.05, 0) is 55.6 Å². The minimum Gasteiger partial charge on any atom is -0.448 e. The molecule has 3 fully saturated rings. The Labute approximate surface area is 233 Å². The zero-order valence-electron chi connectivity index (χ0n) is 23.4. The molecule has 2 aliphatic heterocycles. The summed E-state index contributed by atoms with van der Waals surface area (Å²) in [6.45, 7) is 2.10. The standard InChI is InChI=1S/C31H45N2O5P/c1-39(35,36)19-9-15-23-13-5-6-14-24(23)20-25-27-16-17-28(38-27)29(25)31-33-26(21-37-31)30(34)32-18-8-7-12-22-10-3-2-4-11-22/h5-6,13-14,21-22,25,27-29H,2-4,7-12,15-20H2,1H3,(H,32,34)(H,35,36). The number of aromatic nitrogens is 1. The van der Waals surface area contributed by atoms with Crippen molar-refractivity contribution in [2.75, 3.05) is 19.4 Å². The first-order valence-corrected chi connectivity index (χ1v) is 17.4. The van der Waals surface area contributed by atoms with Crippen molar-refractivity contribution < 1.29 is 23.4 Å². The van der Waals surface area contributed by atoms with E-state index in [4.69, 9.17) is 9.15 Å². The number of hydrogen-bond donors (Lipinski definition) is 2. The number of rotatable bonds is 13. The predicted molar refractivity (Wildman–Crippen MR) is 152 cm³/mol. The Morgan fingerprint density at radius 1 is 1.05 bits per heavy atom. The number of benzene rings is 1. The van der Waals surface area contributed by atoms with Crippen molar-refractivity contribution in [3.8, 4) is 0 Å². The zero-order valence-corrected chi connectivity index (χ0v) is 24.2. The van der Waals surface area contributed by atoms with E-state index in [0.717, 1.165) is 38.0 Å². The molecule has 1 saturated carbocycles. The van der Waals surface area contributed by atoms with Gasteiger partial charge in [0.1, 0.15) is 6.26 Å². The van der Waals surface area contributed by atoms with Crippen LogP contribution in [-0.4, -0.2) is 47.4 Å². The molecule has 1 amide bonds. The summed E-state index contributed by atoms with van der Waals surface area (Å²) in [6, 6.07) is 8.37. The fourth-order valence-electron chi connectivity index (χ4n) is 7.06. The van der Waals surface area contributed by atoms with Crippen LogP contribution in [0, 0.1) is 11.8 Å². The van der Waals surface area contributed by atoms with E-state index in [-0.39, 0.29) is 30.0 Å². The topological polar surface area (TPSA) is 102 Å². The highest BCUT2D eigenvalue weighted by molar-refractivity contribution is 7.57. The fraction of sp³-hybridized carbons (Fsp3) is 0.677. The summed E-state index contributed by atoms with van der Waals surface area (Å²) < 4.78 is 24.0. The van der Waals surface area contributed by atoms with Gasteiger partial charge in [-0.25, -0.2) is 4.98 Å². The molecule has 3 heterocycles. The summed E-state index contributed by atoms with van der Waals surface area (Å²) in [5.41, 5.74) is 2.83. The highest BCUT2D eigenvalue weighted by atomic mass is 31.2. The fourth-order valence-corrected chi connectivity index (χ4v) is 7.81. The average Bonchev–Trinajstić information content (AvgIpc) is 3.66. The maximum atomic E-state index is 12.8. The first-order chi connectivity index (χ1) is 18.9. The van der Waals surface area contributed by atoms with Crippen LogP contribution in [0.3, 0.4) is 0 Å². The van der Waals surface area contributed by atoms with Crippen LogP contribution >= 0.6 is 7.37 Å². The third-order valence-corrected chi connectivity index (χ3v) is 10.3. The first kappa shape index (κ1) is 28.6. The van der Waals surface area contributed by atoms with Crippen molar-refractivity contribution in [1.82, 2.24) is 10.3 Å². The van der Waals surface area contributed by atoms with E-state index < -0.39 is 7.37 Å². The van der Waals surface area contributed by atoms with Gasteiger partial charge in [-0.3, -0.25) is 9.36 Å². The number of carbonyl (C=O) groups is 1. The normalized spacial score (nSPS) is 26.5. The Hall–Kier alpha value is -1.95. The smallest absolute Gasteiger partial charge is 0.273 e. The molecular formula is C31H45N2O5P. The lowest BCUT2D eigenvalue weighted by molar-refractivity contribution is 0.0897. The molecule has 214 valence electrons. The number of nitrogens with one attached hydrogen (secondary N) is 1. The molecule has 3 aliphatic rings. The van der Waals surface area contributed by atoms with Gasteiger partial charge in [0, 0.05) is 25.3 Å². The van der Waals surface area contributed by atoms with Crippen molar-refractivity contribution in [3.05, 3.63) is 53.2 Å². The van der Waals surface area contributed by atoms with Gasteiger partial charge in [-0.1, -0.05) is 69.2 Å². The second kappa shape index (κ2) is 13.1. The quantitative estimate of drug-likeness (QED) is 0.216. The molecule has 1 aliphatic carbocycles. The molecule has 0 spiro atoms. The highest BCUT2D eigenvalue weighted by Crippen LogP contribution is 2.50. The molecule has 1 aromatic heterocycles. The van der Waals surface area contributed by atoms with Gasteiger partial charge in [0.2, 0.25) is 5.89 Å². The van der Waals surface area contributed by atoms with Crippen LogP contribution < -0.4 is 5.32 Å².